The average Bonchev–Trinajstić information content (AvgIpc) is 2.53. The molecular weight excluding hydrogens is 248 g/mol. The van der Waals surface area contributed by atoms with Gasteiger partial charge in [0.05, 0.1) is 0 Å². The van der Waals surface area contributed by atoms with Crippen LogP contribution in [0.5, 0.6) is 0 Å². The molecule has 0 radical (unpaired) electrons. The molecule has 2 fully saturated rings. The van der Waals surface area contributed by atoms with Crippen LogP contribution in [0.2, 0.25) is 0 Å². The van der Waals surface area contributed by atoms with Crippen LogP contribution in [0, 0.1) is 5.92 Å². The van der Waals surface area contributed by atoms with E-state index in [1.54, 1.807) is 0 Å². The minimum absolute atomic E-state index is 0.235. The van der Waals surface area contributed by atoms with E-state index in [1.165, 1.54) is 64.2 Å². The Hall–Kier alpha value is -0.570. The van der Waals surface area contributed by atoms with Crippen LogP contribution in [0.25, 0.3) is 0 Å². The first-order chi connectivity index (χ1) is 9.68. The molecule has 0 aromatic rings. The van der Waals surface area contributed by atoms with Gasteiger partial charge in [0.1, 0.15) is 0 Å². The van der Waals surface area contributed by atoms with Gasteiger partial charge in [-0.1, -0.05) is 38.5 Å². The Morgan fingerprint density at radius 2 is 1.60 bits per heavy atom. The molecule has 2 N–H and O–H groups in total. The molecule has 0 bridgehead atoms. The van der Waals surface area contributed by atoms with Gasteiger partial charge in [-0.15, -0.1) is 0 Å². The molecule has 2 aliphatic carbocycles. The third-order valence-electron chi connectivity index (χ3n) is 5.46. The van der Waals surface area contributed by atoms with Crippen molar-refractivity contribution < 1.29 is 4.79 Å². The molecule has 2 rings (SSSR count). The van der Waals surface area contributed by atoms with Crippen LogP contribution < -0.4 is 5.73 Å². The van der Waals surface area contributed by atoms with Crippen molar-refractivity contribution in [3.8, 4) is 0 Å². The van der Waals surface area contributed by atoms with Crippen LogP contribution >= 0.6 is 0 Å². The van der Waals surface area contributed by atoms with E-state index in [-0.39, 0.29) is 6.04 Å². The predicted octanol–water partition coefficient (Wildman–Crippen LogP) is 3.47. The van der Waals surface area contributed by atoms with Crippen molar-refractivity contribution in [1.82, 2.24) is 4.90 Å². The van der Waals surface area contributed by atoms with Gasteiger partial charge in [-0.25, -0.2) is 0 Å². The highest BCUT2D eigenvalue weighted by molar-refractivity contribution is 5.76. The first-order valence-corrected chi connectivity index (χ1v) is 8.69. The third kappa shape index (κ3) is 4.47. The van der Waals surface area contributed by atoms with E-state index < -0.39 is 0 Å². The van der Waals surface area contributed by atoms with Crippen molar-refractivity contribution in [2.24, 2.45) is 11.7 Å². The quantitative estimate of drug-likeness (QED) is 0.838. The second kappa shape index (κ2) is 8.02. The molecule has 0 aromatic carbocycles. The maximum absolute atomic E-state index is 12.3. The lowest BCUT2D eigenvalue weighted by Crippen LogP contribution is -2.39. The summed E-state index contributed by atoms with van der Waals surface area (Å²) in [5.74, 6) is 0.972. The minimum Gasteiger partial charge on any atom is -0.343 e. The summed E-state index contributed by atoms with van der Waals surface area (Å²) in [6.07, 6.45) is 14.4. The van der Waals surface area contributed by atoms with Crippen LogP contribution in [0.15, 0.2) is 0 Å². The molecule has 20 heavy (non-hydrogen) atoms. The molecule has 2 aliphatic rings. The Kier molecular flexibility index (Phi) is 6.34. The maximum atomic E-state index is 12.3. The minimum atomic E-state index is 0.235. The van der Waals surface area contributed by atoms with E-state index in [9.17, 15) is 4.79 Å². The molecule has 3 nitrogen and oxygen atoms in total. The zero-order valence-electron chi connectivity index (χ0n) is 13.2. The van der Waals surface area contributed by atoms with Crippen molar-refractivity contribution >= 4 is 5.91 Å². The highest BCUT2D eigenvalue weighted by Crippen LogP contribution is 2.28. The molecule has 0 heterocycles. The van der Waals surface area contributed by atoms with Gasteiger partial charge < -0.3 is 10.6 Å². The Balaban J connectivity index is 1.70. The van der Waals surface area contributed by atoms with E-state index in [4.69, 9.17) is 5.73 Å². The molecule has 3 heteroatoms. The lowest BCUT2D eigenvalue weighted by atomic mass is 9.82. The number of rotatable bonds is 5. The summed E-state index contributed by atoms with van der Waals surface area (Å²) in [7, 11) is 1.99. The molecular formula is C17H32N2O. The number of nitrogens with zero attached hydrogens (tertiary/aromatic N) is 1. The van der Waals surface area contributed by atoms with E-state index >= 15 is 0 Å². The van der Waals surface area contributed by atoms with Crippen molar-refractivity contribution in [2.75, 3.05) is 7.05 Å². The number of hydrogen-bond donors (Lipinski definition) is 1. The molecule has 1 amide bonds. The third-order valence-corrected chi connectivity index (χ3v) is 5.46. The molecule has 0 saturated heterocycles. The van der Waals surface area contributed by atoms with Gasteiger partial charge in [-0.2, -0.15) is 0 Å². The monoisotopic (exact) mass is 280 g/mol. The number of hydrogen-bond acceptors (Lipinski definition) is 2. The Morgan fingerprint density at radius 1 is 1.05 bits per heavy atom. The largest absolute Gasteiger partial charge is 0.343 e. The van der Waals surface area contributed by atoms with Gasteiger partial charge in [-0.3, -0.25) is 4.79 Å². The van der Waals surface area contributed by atoms with E-state index in [0.29, 0.717) is 24.3 Å². The summed E-state index contributed by atoms with van der Waals surface area (Å²) in [6, 6.07) is 0.723. The smallest absolute Gasteiger partial charge is 0.222 e. The van der Waals surface area contributed by atoms with Crippen molar-refractivity contribution in [2.45, 2.75) is 89.1 Å². The molecule has 0 aliphatic heterocycles. The van der Waals surface area contributed by atoms with Gasteiger partial charge in [0.15, 0.2) is 0 Å². The fourth-order valence-electron chi connectivity index (χ4n) is 3.94. The summed E-state index contributed by atoms with van der Waals surface area (Å²) in [4.78, 5) is 14.3. The lowest BCUT2D eigenvalue weighted by molar-refractivity contribution is -0.132. The summed E-state index contributed by atoms with van der Waals surface area (Å²) in [6.45, 7) is 0. The second-order valence-corrected chi connectivity index (χ2v) is 6.90. The zero-order chi connectivity index (χ0) is 14.4. The van der Waals surface area contributed by atoms with Crippen LogP contribution in [-0.4, -0.2) is 29.9 Å². The number of carbonyl (C=O) groups is 1. The van der Waals surface area contributed by atoms with Crippen LogP contribution in [-0.2, 0) is 4.79 Å². The van der Waals surface area contributed by atoms with Gasteiger partial charge in [0.2, 0.25) is 5.91 Å². The SMILES string of the molecule is CN(C(=O)CCC(N)C1CCCCC1)C1CCCCC1. The van der Waals surface area contributed by atoms with Gasteiger partial charge in [0.25, 0.3) is 0 Å². The first kappa shape index (κ1) is 15.8. The average molecular weight is 280 g/mol. The van der Waals surface area contributed by atoms with Crippen LogP contribution in [0.1, 0.15) is 77.0 Å². The number of carbonyl (C=O) groups excluding carboxylic acids is 1. The first-order valence-electron chi connectivity index (χ1n) is 8.69. The maximum Gasteiger partial charge on any atom is 0.222 e. The predicted molar refractivity (Wildman–Crippen MR) is 83.4 cm³/mol. The Labute approximate surface area is 124 Å². The van der Waals surface area contributed by atoms with Gasteiger partial charge in [0, 0.05) is 25.6 Å². The van der Waals surface area contributed by atoms with Crippen molar-refractivity contribution in [3.05, 3.63) is 0 Å². The molecule has 0 aromatic heterocycles. The van der Waals surface area contributed by atoms with Gasteiger partial charge >= 0.3 is 0 Å². The van der Waals surface area contributed by atoms with Crippen LogP contribution in [0.4, 0.5) is 0 Å². The summed E-state index contributed by atoms with van der Waals surface area (Å²) >= 11 is 0. The molecule has 116 valence electrons. The van der Waals surface area contributed by atoms with E-state index in [2.05, 4.69) is 0 Å². The zero-order valence-corrected chi connectivity index (χ0v) is 13.2. The van der Waals surface area contributed by atoms with E-state index in [1.807, 2.05) is 11.9 Å². The lowest BCUT2D eigenvalue weighted by Gasteiger charge is -2.32. The normalized spacial score (nSPS) is 23.5. The van der Waals surface area contributed by atoms with Crippen molar-refractivity contribution in [3.63, 3.8) is 0 Å². The van der Waals surface area contributed by atoms with Crippen LogP contribution in [0.3, 0.4) is 0 Å². The summed E-state index contributed by atoms with van der Waals surface area (Å²) in [5, 5.41) is 0. The van der Waals surface area contributed by atoms with E-state index in [0.717, 1.165) is 6.42 Å². The molecule has 1 atom stereocenters. The topological polar surface area (TPSA) is 46.3 Å². The number of nitrogens with two attached hydrogens (primary N) is 1. The summed E-state index contributed by atoms with van der Waals surface area (Å²) < 4.78 is 0. The fourth-order valence-corrected chi connectivity index (χ4v) is 3.94. The Morgan fingerprint density at radius 3 is 2.20 bits per heavy atom. The highest BCUT2D eigenvalue weighted by atomic mass is 16.2. The molecule has 2 saturated carbocycles. The Bertz CT molecular complexity index is 293. The van der Waals surface area contributed by atoms with Gasteiger partial charge in [-0.05, 0) is 38.0 Å². The highest BCUT2D eigenvalue weighted by Gasteiger charge is 2.24. The fraction of sp³-hybridized carbons (Fsp3) is 0.941. The standard InChI is InChI=1S/C17H32N2O/c1-19(15-10-6-3-7-11-15)17(20)13-12-16(18)14-8-4-2-5-9-14/h14-16H,2-13,18H2,1H3. The molecule has 0 spiro atoms. The van der Waals surface area contributed by atoms with Crippen molar-refractivity contribution in [1.29, 1.82) is 0 Å². The second-order valence-electron chi connectivity index (χ2n) is 6.90. The number of amides is 1. The molecule has 1 unspecified atom stereocenters. The summed E-state index contributed by atoms with van der Waals surface area (Å²) in [5.41, 5.74) is 6.30.